The van der Waals surface area contributed by atoms with Crippen LogP contribution in [0.1, 0.15) is 0 Å². The van der Waals surface area contributed by atoms with Gasteiger partial charge in [0.15, 0.2) is 0 Å². The molecule has 0 heterocycles. The summed E-state index contributed by atoms with van der Waals surface area (Å²) in [6.45, 7) is 0. The number of aromatic hydroxyl groups is 1. The molecule has 0 saturated heterocycles. The molecule has 4 nitrogen and oxygen atoms in total. The number of nitrogens with zero attached hydrogens (tertiary/aromatic N) is 1. The van der Waals surface area contributed by atoms with E-state index in [1.807, 2.05) is 0 Å². The number of phenolic OH excluding ortho intramolecular Hbond substituents is 1. The summed E-state index contributed by atoms with van der Waals surface area (Å²) < 4.78 is 0. The maximum Gasteiger partial charge on any atom is 0.240 e. The second-order valence-electron chi connectivity index (χ2n) is 1.91. The van der Waals surface area contributed by atoms with Gasteiger partial charge in [0, 0.05) is 0 Å². The molecule has 0 aliphatic carbocycles. The summed E-state index contributed by atoms with van der Waals surface area (Å²) in [6.07, 6.45) is 1.34. The molecule has 4 heteroatoms. The number of nitrogens with two attached hydrogens (primary N) is 1. The fraction of sp³-hybridized carbons (Fsp3) is 0. The van der Waals surface area contributed by atoms with Crippen molar-refractivity contribution < 1.29 is 9.90 Å². The molecule has 0 amide bonds. The van der Waals surface area contributed by atoms with E-state index in [0.717, 1.165) is 0 Å². The van der Waals surface area contributed by atoms with Gasteiger partial charge in [-0.3, -0.25) is 0 Å². The van der Waals surface area contributed by atoms with Gasteiger partial charge in [0.1, 0.15) is 17.1 Å². The summed E-state index contributed by atoms with van der Waals surface area (Å²) in [4.78, 5) is 13.1. The molecule has 0 fully saturated rings. The molecule has 56 valence electrons. The van der Waals surface area contributed by atoms with Gasteiger partial charge in [-0.1, -0.05) is 6.07 Å². The van der Waals surface area contributed by atoms with E-state index in [4.69, 9.17) is 10.8 Å². The van der Waals surface area contributed by atoms with Crippen molar-refractivity contribution in [2.45, 2.75) is 0 Å². The van der Waals surface area contributed by atoms with E-state index in [1.54, 1.807) is 6.07 Å². The lowest BCUT2D eigenvalue weighted by Gasteiger charge is -1.98. The summed E-state index contributed by atoms with van der Waals surface area (Å²) in [6, 6.07) is 4.47. The van der Waals surface area contributed by atoms with Crippen LogP contribution in [0.2, 0.25) is 0 Å². The molecule has 0 unspecified atom stereocenters. The first-order valence-corrected chi connectivity index (χ1v) is 2.91. The van der Waals surface area contributed by atoms with E-state index in [2.05, 4.69) is 4.99 Å². The van der Waals surface area contributed by atoms with Crippen molar-refractivity contribution in [3.8, 4) is 5.75 Å². The summed E-state index contributed by atoms with van der Waals surface area (Å²) in [5.41, 5.74) is 5.68. The predicted octanol–water partition coefficient (Wildman–Crippen LogP) is 0.942. The SMILES string of the molecule is Nc1c(O)cccc1N=C=O. The topological polar surface area (TPSA) is 75.7 Å². The van der Waals surface area contributed by atoms with E-state index < -0.39 is 0 Å². The second kappa shape index (κ2) is 2.86. The highest BCUT2D eigenvalue weighted by Gasteiger charge is 2.00. The van der Waals surface area contributed by atoms with Gasteiger partial charge in [-0.2, -0.15) is 4.99 Å². The van der Waals surface area contributed by atoms with Crippen LogP contribution < -0.4 is 5.73 Å². The molecular formula is C7H6N2O2. The summed E-state index contributed by atoms with van der Waals surface area (Å²) in [5.74, 6) is -0.0819. The number of anilines is 1. The minimum Gasteiger partial charge on any atom is -0.506 e. The Morgan fingerprint density at radius 1 is 1.55 bits per heavy atom. The zero-order valence-corrected chi connectivity index (χ0v) is 5.61. The number of aliphatic imine (C=N–C) groups is 1. The summed E-state index contributed by atoms with van der Waals surface area (Å²) in [7, 11) is 0. The molecule has 0 saturated carbocycles. The van der Waals surface area contributed by atoms with Gasteiger partial charge < -0.3 is 10.8 Å². The molecule has 0 spiro atoms. The Labute approximate surface area is 63.0 Å². The van der Waals surface area contributed by atoms with Gasteiger partial charge in [0.05, 0.1) is 0 Å². The molecule has 1 aromatic rings. The minimum atomic E-state index is -0.0819. The Morgan fingerprint density at radius 3 is 2.91 bits per heavy atom. The van der Waals surface area contributed by atoms with E-state index in [-0.39, 0.29) is 17.1 Å². The molecule has 1 rings (SSSR count). The molecule has 0 aliphatic rings. The standard InChI is InChI=1S/C7H6N2O2/c8-7-5(9-4-10)2-1-3-6(7)11/h1-3,11H,8H2. The predicted molar refractivity (Wildman–Crippen MR) is 40.3 cm³/mol. The van der Waals surface area contributed by atoms with Crippen molar-refractivity contribution in [1.82, 2.24) is 0 Å². The fourth-order valence-electron chi connectivity index (χ4n) is 0.688. The number of phenols is 1. The molecule has 0 aromatic heterocycles. The lowest BCUT2D eigenvalue weighted by molar-refractivity contribution is 0.478. The summed E-state index contributed by atoms with van der Waals surface area (Å²) >= 11 is 0. The number of para-hydroxylation sites is 1. The highest BCUT2D eigenvalue weighted by atomic mass is 16.3. The van der Waals surface area contributed by atoms with Gasteiger partial charge in [0.25, 0.3) is 0 Å². The average molecular weight is 150 g/mol. The molecule has 0 radical (unpaired) electrons. The molecule has 0 aliphatic heterocycles. The van der Waals surface area contributed by atoms with Crippen molar-refractivity contribution in [2.24, 2.45) is 4.99 Å². The first kappa shape index (κ1) is 7.31. The first-order chi connectivity index (χ1) is 5.25. The Kier molecular flexibility index (Phi) is 1.90. The number of hydrogen-bond donors (Lipinski definition) is 2. The number of carbonyl (C=O) groups excluding carboxylic acids is 1. The van der Waals surface area contributed by atoms with Crippen LogP contribution in [0, 0.1) is 0 Å². The number of hydrogen-bond acceptors (Lipinski definition) is 4. The molecular weight excluding hydrogens is 144 g/mol. The van der Waals surface area contributed by atoms with Crippen LogP contribution in [0.25, 0.3) is 0 Å². The molecule has 0 atom stereocenters. The van der Waals surface area contributed by atoms with Gasteiger partial charge in [-0.05, 0) is 12.1 Å². The Morgan fingerprint density at radius 2 is 2.27 bits per heavy atom. The minimum absolute atomic E-state index is 0.0819. The highest BCUT2D eigenvalue weighted by molar-refractivity contribution is 5.71. The molecule has 11 heavy (non-hydrogen) atoms. The van der Waals surface area contributed by atoms with E-state index in [1.165, 1.54) is 18.2 Å². The van der Waals surface area contributed by atoms with Crippen LogP contribution in [0.5, 0.6) is 5.75 Å². The van der Waals surface area contributed by atoms with Crippen molar-refractivity contribution >= 4 is 17.5 Å². The van der Waals surface area contributed by atoms with Crippen LogP contribution in [0.15, 0.2) is 23.2 Å². The monoisotopic (exact) mass is 150 g/mol. The van der Waals surface area contributed by atoms with Gasteiger partial charge >= 0.3 is 0 Å². The maximum atomic E-state index is 9.81. The van der Waals surface area contributed by atoms with Gasteiger partial charge in [-0.15, -0.1) is 0 Å². The van der Waals surface area contributed by atoms with Crippen LogP contribution >= 0.6 is 0 Å². The third kappa shape index (κ3) is 1.36. The number of nitrogen functional groups attached to an aromatic ring is 1. The Balaban J connectivity index is 3.26. The molecule has 1 aromatic carbocycles. The van der Waals surface area contributed by atoms with Crippen LogP contribution in [-0.2, 0) is 4.79 Å². The van der Waals surface area contributed by atoms with Crippen LogP contribution in [-0.4, -0.2) is 11.2 Å². The van der Waals surface area contributed by atoms with Crippen LogP contribution in [0.4, 0.5) is 11.4 Å². The lowest BCUT2D eigenvalue weighted by Crippen LogP contribution is -1.85. The average Bonchev–Trinajstić information content (AvgIpc) is 1.99. The maximum absolute atomic E-state index is 9.81. The number of rotatable bonds is 1. The second-order valence-corrected chi connectivity index (χ2v) is 1.91. The fourth-order valence-corrected chi connectivity index (χ4v) is 0.688. The molecule has 0 bridgehead atoms. The Bertz CT molecular complexity index is 316. The van der Waals surface area contributed by atoms with Gasteiger partial charge in [0.2, 0.25) is 6.08 Å². The van der Waals surface area contributed by atoms with Crippen LogP contribution in [0.3, 0.4) is 0 Å². The zero-order valence-electron chi connectivity index (χ0n) is 5.61. The summed E-state index contributed by atoms with van der Waals surface area (Å²) in [5, 5.41) is 9.01. The van der Waals surface area contributed by atoms with Crippen molar-refractivity contribution in [1.29, 1.82) is 0 Å². The van der Waals surface area contributed by atoms with Crippen molar-refractivity contribution in [2.75, 3.05) is 5.73 Å². The van der Waals surface area contributed by atoms with E-state index >= 15 is 0 Å². The highest BCUT2D eigenvalue weighted by Crippen LogP contribution is 2.29. The zero-order chi connectivity index (χ0) is 8.27. The third-order valence-corrected chi connectivity index (χ3v) is 1.23. The lowest BCUT2D eigenvalue weighted by atomic mass is 10.2. The number of benzene rings is 1. The largest absolute Gasteiger partial charge is 0.506 e. The number of isocyanates is 1. The van der Waals surface area contributed by atoms with Crippen molar-refractivity contribution in [3.63, 3.8) is 0 Å². The third-order valence-electron chi connectivity index (χ3n) is 1.23. The van der Waals surface area contributed by atoms with E-state index in [0.29, 0.717) is 0 Å². The first-order valence-electron chi connectivity index (χ1n) is 2.91. The smallest absolute Gasteiger partial charge is 0.240 e. The van der Waals surface area contributed by atoms with Gasteiger partial charge in [-0.25, -0.2) is 4.79 Å². The Hall–Kier alpha value is -1.80. The normalized spacial score (nSPS) is 8.73. The quantitative estimate of drug-likeness (QED) is 0.271. The van der Waals surface area contributed by atoms with E-state index in [9.17, 15) is 4.79 Å². The molecule has 3 N–H and O–H groups in total. The van der Waals surface area contributed by atoms with Crippen molar-refractivity contribution in [3.05, 3.63) is 18.2 Å².